The number of aliphatic carboxylic acids is 1. The van der Waals surface area contributed by atoms with Crippen LogP contribution in [0.1, 0.15) is 21.4 Å². The molecule has 0 radical (unpaired) electrons. The van der Waals surface area contributed by atoms with E-state index in [1.54, 1.807) is 17.5 Å². The molecule has 7 heteroatoms. The molecule has 2 heterocycles. The third-order valence-corrected chi connectivity index (χ3v) is 3.47. The number of aromatic nitrogens is 1. The lowest BCUT2D eigenvalue weighted by Crippen LogP contribution is -2.33. The van der Waals surface area contributed by atoms with Crippen LogP contribution >= 0.6 is 22.9 Å². The van der Waals surface area contributed by atoms with Crippen LogP contribution in [0.2, 0.25) is 5.02 Å². The highest BCUT2D eigenvalue weighted by Crippen LogP contribution is 2.19. The number of carbonyl (C=O) groups is 2. The average Bonchev–Trinajstić information content (AvgIpc) is 2.89. The summed E-state index contributed by atoms with van der Waals surface area (Å²) in [6.07, 6.45) is 1.33. The van der Waals surface area contributed by atoms with E-state index in [0.717, 1.165) is 0 Å². The van der Waals surface area contributed by atoms with Crippen molar-refractivity contribution in [2.24, 2.45) is 0 Å². The van der Waals surface area contributed by atoms with Crippen LogP contribution in [0, 0.1) is 0 Å². The standard InChI is InChI=1S/C12H9ClN2O3S/c13-7-3-4-8(14-6-7)11(16)15-10(12(17)18)9-2-1-5-19-9/h1-6,10H,(H,15,16)(H,17,18). The van der Waals surface area contributed by atoms with E-state index in [2.05, 4.69) is 10.3 Å². The molecule has 0 aliphatic heterocycles. The quantitative estimate of drug-likeness (QED) is 0.907. The van der Waals surface area contributed by atoms with Crippen LogP contribution in [0.4, 0.5) is 0 Å². The van der Waals surface area contributed by atoms with Gasteiger partial charge in [0.1, 0.15) is 5.69 Å². The third-order valence-electron chi connectivity index (χ3n) is 2.31. The van der Waals surface area contributed by atoms with Crippen molar-refractivity contribution in [3.05, 3.63) is 51.4 Å². The second kappa shape index (κ2) is 5.81. The molecule has 0 fully saturated rings. The topological polar surface area (TPSA) is 79.3 Å². The van der Waals surface area contributed by atoms with Crippen molar-refractivity contribution in [1.29, 1.82) is 0 Å². The summed E-state index contributed by atoms with van der Waals surface area (Å²) in [5, 5.41) is 13.7. The van der Waals surface area contributed by atoms with Crippen LogP contribution in [-0.4, -0.2) is 22.0 Å². The number of hydrogen-bond acceptors (Lipinski definition) is 4. The molecule has 0 aliphatic carbocycles. The molecule has 0 spiro atoms. The SMILES string of the molecule is O=C(NC(C(=O)O)c1cccs1)c1ccc(Cl)cn1. The lowest BCUT2D eigenvalue weighted by Gasteiger charge is -2.12. The monoisotopic (exact) mass is 296 g/mol. The molecule has 2 aromatic rings. The third kappa shape index (κ3) is 3.30. The molecule has 2 rings (SSSR count). The van der Waals surface area contributed by atoms with Gasteiger partial charge in [-0.25, -0.2) is 9.78 Å². The summed E-state index contributed by atoms with van der Waals surface area (Å²) < 4.78 is 0. The van der Waals surface area contributed by atoms with Crippen molar-refractivity contribution in [1.82, 2.24) is 10.3 Å². The normalized spacial score (nSPS) is 11.8. The molecule has 5 nitrogen and oxygen atoms in total. The molecular formula is C12H9ClN2O3S. The van der Waals surface area contributed by atoms with Crippen molar-refractivity contribution in [2.75, 3.05) is 0 Å². The maximum Gasteiger partial charge on any atom is 0.331 e. The van der Waals surface area contributed by atoms with Crippen molar-refractivity contribution >= 4 is 34.8 Å². The van der Waals surface area contributed by atoms with Gasteiger partial charge in [-0.1, -0.05) is 17.7 Å². The van der Waals surface area contributed by atoms with Crippen LogP contribution in [-0.2, 0) is 4.79 Å². The molecule has 0 aromatic carbocycles. The van der Waals surface area contributed by atoms with Gasteiger partial charge in [-0.2, -0.15) is 0 Å². The summed E-state index contributed by atoms with van der Waals surface area (Å²) in [5.74, 6) is -1.68. The first-order valence-electron chi connectivity index (χ1n) is 5.26. The number of thiophene rings is 1. The van der Waals surface area contributed by atoms with E-state index >= 15 is 0 Å². The van der Waals surface area contributed by atoms with Crippen molar-refractivity contribution in [3.8, 4) is 0 Å². The number of nitrogens with zero attached hydrogens (tertiary/aromatic N) is 1. The van der Waals surface area contributed by atoms with Crippen molar-refractivity contribution < 1.29 is 14.7 Å². The first-order chi connectivity index (χ1) is 9.08. The van der Waals surface area contributed by atoms with Gasteiger partial charge in [-0.05, 0) is 23.6 Å². The summed E-state index contributed by atoms with van der Waals surface area (Å²) in [4.78, 5) is 27.4. The summed E-state index contributed by atoms with van der Waals surface area (Å²) in [5.41, 5.74) is 0.118. The minimum absolute atomic E-state index is 0.118. The number of halogens is 1. The van der Waals surface area contributed by atoms with E-state index < -0.39 is 17.9 Å². The largest absolute Gasteiger partial charge is 0.479 e. The highest BCUT2D eigenvalue weighted by atomic mass is 35.5. The van der Waals surface area contributed by atoms with Gasteiger partial charge in [0.2, 0.25) is 0 Å². The highest BCUT2D eigenvalue weighted by molar-refractivity contribution is 7.10. The number of carbonyl (C=O) groups excluding carboxylic acids is 1. The van der Waals surface area contributed by atoms with E-state index in [9.17, 15) is 9.59 Å². The van der Waals surface area contributed by atoms with Crippen LogP contribution < -0.4 is 5.32 Å². The minimum atomic E-state index is -1.12. The maximum atomic E-state index is 11.9. The predicted octanol–water partition coefficient (Wildman–Crippen LogP) is 2.35. The van der Waals surface area contributed by atoms with Gasteiger partial charge >= 0.3 is 5.97 Å². The van der Waals surface area contributed by atoms with E-state index in [-0.39, 0.29) is 5.69 Å². The summed E-state index contributed by atoms with van der Waals surface area (Å²) in [6, 6.07) is 5.25. The molecule has 2 N–H and O–H groups in total. The van der Waals surface area contributed by atoms with Crippen molar-refractivity contribution in [2.45, 2.75) is 6.04 Å². The Bertz CT molecular complexity index is 584. The number of rotatable bonds is 4. The fraction of sp³-hybridized carbons (Fsp3) is 0.0833. The fourth-order valence-electron chi connectivity index (χ4n) is 1.43. The fourth-order valence-corrected chi connectivity index (χ4v) is 2.30. The molecule has 2 aromatic heterocycles. The van der Waals surface area contributed by atoms with E-state index in [0.29, 0.717) is 9.90 Å². The molecule has 98 valence electrons. The molecule has 0 saturated heterocycles. The maximum absolute atomic E-state index is 11.9. The van der Waals surface area contributed by atoms with E-state index in [1.165, 1.54) is 29.7 Å². The van der Waals surface area contributed by atoms with E-state index in [1.807, 2.05) is 0 Å². The van der Waals surface area contributed by atoms with Crippen LogP contribution in [0.15, 0.2) is 35.8 Å². The Morgan fingerprint density at radius 2 is 2.16 bits per heavy atom. The number of carboxylic acids is 1. The summed E-state index contributed by atoms with van der Waals surface area (Å²) in [7, 11) is 0. The Labute approximate surface area is 117 Å². The number of nitrogens with one attached hydrogen (secondary N) is 1. The van der Waals surface area contributed by atoms with Gasteiger partial charge < -0.3 is 10.4 Å². The van der Waals surface area contributed by atoms with Crippen molar-refractivity contribution in [3.63, 3.8) is 0 Å². The number of carboxylic acid groups (broad SMARTS) is 1. The predicted molar refractivity (Wildman–Crippen MR) is 71.4 cm³/mol. The number of pyridine rings is 1. The first kappa shape index (κ1) is 13.5. The molecule has 0 saturated carbocycles. The molecule has 1 amide bonds. The van der Waals surface area contributed by atoms with Crippen LogP contribution in [0.5, 0.6) is 0 Å². The zero-order valence-corrected chi connectivity index (χ0v) is 11.1. The van der Waals surface area contributed by atoms with Gasteiger partial charge in [-0.15, -0.1) is 11.3 Å². The Morgan fingerprint density at radius 3 is 2.68 bits per heavy atom. The highest BCUT2D eigenvalue weighted by Gasteiger charge is 2.23. The van der Waals surface area contributed by atoms with Gasteiger partial charge in [0, 0.05) is 11.1 Å². The van der Waals surface area contributed by atoms with Gasteiger partial charge in [0.15, 0.2) is 6.04 Å². The Hall–Kier alpha value is -1.92. The van der Waals surface area contributed by atoms with E-state index in [4.69, 9.17) is 16.7 Å². The lowest BCUT2D eigenvalue weighted by atomic mass is 10.2. The lowest BCUT2D eigenvalue weighted by molar-refractivity contribution is -0.139. The molecule has 1 unspecified atom stereocenters. The average molecular weight is 297 g/mol. The Kier molecular flexibility index (Phi) is 4.13. The molecular weight excluding hydrogens is 288 g/mol. The second-order valence-electron chi connectivity index (χ2n) is 3.62. The van der Waals surface area contributed by atoms with Crippen LogP contribution in [0.25, 0.3) is 0 Å². The first-order valence-corrected chi connectivity index (χ1v) is 6.52. The van der Waals surface area contributed by atoms with Gasteiger partial charge in [-0.3, -0.25) is 4.79 Å². The number of amides is 1. The molecule has 19 heavy (non-hydrogen) atoms. The van der Waals surface area contributed by atoms with Gasteiger partial charge in [0.05, 0.1) is 5.02 Å². The smallest absolute Gasteiger partial charge is 0.331 e. The molecule has 1 atom stereocenters. The second-order valence-corrected chi connectivity index (χ2v) is 5.04. The van der Waals surface area contributed by atoms with Gasteiger partial charge in [0.25, 0.3) is 5.91 Å². The zero-order valence-electron chi connectivity index (χ0n) is 9.54. The minimum Gasteiger partial charge on any atom is -0.479 e. The Balaban J connectivity index is 2.16. The summed E-state index contributed by atoms with van der Waals surface area (Å²) in [6.45, 7) is 0. The molecule has 0 bridgehead atoms. The molecule has 0 aliphatic rings. The summed E-state index contributed by atoms with van der Waals surface area (Å²) >= 11 is 6.93. The Morgan fingerprint density at radius 1 is 1.37 bits per heavy atom. The zero-order chi connectivity index (χ0) is 13.8. The van der Waals surface area contributed by atoms with Crippen LogP contribution in [0.3, 0.4) is 0 Å². The number of hydrogen-bond donors (Lipinski definition) is 2.